The molecule has 54 heavy (non-hydrogen) atoms. The second-order valence-electron chi connectivity index (χ2n) is 15.0. The van der Waals surface area contributed by atoms with Crippen LogP contribution >= 0.6 is 7.82 Å². The molecule has 0 bridgehead atoms. The van der Waals surface area contributed by atoms with Crippen LogP contribution in [0.5, 0.6) is 0 Å². The Kier molecular flexibility index (Phi) is 34.8. The van der Waals surface area contributed by atoms with E-state index in [1.54, 1.807) is 6.08 Å². The Morgan fingerprint density at radius 2 is 1.13 bits per heavy atom. The number of amides is 1. The molecule has 0 aliphatic heterocycles. The molecule has 0 heterocycles. The maximum atomic E-state index is 12.8. The molecule has 0 aliphatic carbocycles. The number of nitrogens with one attached hydrogen (secondary N) is 1. The monoisotopic (exact) mass is 775 g/mol. The molecule has 9 heteroatoms. The fourth-order valence-electron chi connectivity index (χ4n) is 5.27. The van der Waals surface area contributed by atoms with Crippen molar-refractivity contribution in [1.29, 1.82) is 0 Å². The number of aliphatic hydroxyl groups excluding tert-OH is 1. The van der Waals surface area contributed by atoms with Crippen molar-refractivity contribution in [3.63, 3.8) is 0 Å². The summed E-state index contributed by atoms with van der Waals surface area (Å²) in [7, 11) is 1.22. The molecule has 8 nitrogen and oxygen atoms in total. The van der Waals surface area contributed by atoms with E-state index in [2.05, 4.69) is 92.1 Å². The van der Waals surface area contributed by atoms with Crippen LogP contribution in [-0.2, 0) is 18.4 Å². The van der Waals surface area contributed by atoms with Gasteiger partial charge in [0.25, 0.3) is 7.82 Å². The van der Waals surface area contributed by atoms with Gasteiger partial charge in [0, 0.05) is 6.42 Å². The molecule has 310 valence electrons. The van der Waals surface area contributed by atoms with E-state index >= 15 is 0 Å². The number of aliphatic hydroxyl groups is 1. The number of unbranched alkanes of at least 4 members (excludes halogenated alkanes) is 11. The van der Waals surface area contributed by atoms with Gasteiger partial charge in [0.2, 0.25) is 5.91 Å². The summed E-state index contributed by atoms with van der Waals surface area (Å²) in [6.07, 6.45) is 49.2. The largest absolute Gasteiger partial charge is 0.756 e. The predicted molar refractivity (Wildman–Crippen MR) is 228 cm³/mol. The number of allylic oxidation sites excluding steroid dienone is 13. The summed E-state index contributed by atoms with van der Waals surface area (Å²) in [6, 6.07) is -0.903. The lowest BCUT2D eigenvalue weighted by Gasteiger charge is -2.29. The highest BCUT2D eigenvalue weighted by molar-refractivity contribution is 7.45. The van der Waals surface area contributed by atoms with Crippen LogP contribution in [0.2, 0.25) is 0 Å². The van der Waals surface area contributed by atoms with Crippen molar-refractivity contribution in [3.05, 3.63) is 85.1 Å². The molecule has 0 radical (unpaired) electrons. The summed E-state index contributed by atoms with van der Waals surface area (Å²) >= 11 is 0. The van der Waals surface area contributed by atoms with Crippen molar-refractivity contribution in [2.75, 3.05) is 40.9 Å². The number of quaternary nitrogens is 1. The van der Waals surface area contributed by atoms with E-state index in [0.717, 1.165) is 89.9 Å². The van der Waals surface area contributed by atoms with Crippen LogP contribution in [0.3, 0.4) is 0 Å². The standard InChI is InChI=1S/C45H79N2O6P/c1-6-8-10-12-14-16-17-18-19-20-21-22-23-24-25-26-27-28-29-31-33-35-37-39-45(49)46-43(42-53-54(50,51)52-41-40-47(3,4)5)44(48)38-36-34-32-30-15-13-11-9-7-2/h8,10,14,16,18-19,21-22,24-25,27-28,36,38,43-44,48H,6-7,9,11-13,15,17,20,23,26,29-35,37,39-42H2,1-5H3,(H-,46,49,50,51)/b10-8-,16-14-,19-18-,22-21-,25-24-,28-27-,38-36+. The first kappa shape index (κ1) is 51.7. The molecule has 0 spiro atoms. The molecule has 1 amide bonds. The summed E-state index contributed by atoms with van der Waals surface area (Å²) in [5.74, 6) is -0.230. The van der Waals surface area contributed by atoms with Crippen LogP contribution in [0.1, 0.15) is 142 Å². The number of phosphoric acid groups is 1. The molecule has 0 aliphatic rings. The molecular weight excluding hydrogens is 695 g/mol. The topological polar surface area (TPSA) is 108 Å². The summed E-state index contributed by atoms with van der Waals surface area (Å²) < 4.78 is 23.1. The molecule has 0 aromatic carbocycles. The average molecular weight is 775 g/mol. The Balaban J connectivity index is 4.41. The lowest BCUT2D eigenvalue weighted by Crippen LogP contribution is -2.45. The summed E-state index contributed by atoms with van der Waals surface area (Å²) in [6.45, 7) is 4.44. The third-order valence-electron chi connectivity index (χ3n) is 8.61. The lowest BCUT2D eigenvalue weighted by molar-refractivity contribution is -0.870. The Bertz CT molecular complexity index is 1150. The van der Waals surface area contributed by atoms with Gasteiger partial charge in [-0.2, -0.15) is 0 Å². The first-order chi connectivity index (χ1) is 26.0. The highest BCUT2D eigenvalue weighted by atomic mass is 31.2. The fraction of sp³-hybridized carbons (Fsp3) is 0.667. The van der Waals surface area contributed by atoms with Gasteiger partial charge in [0.1, 0.15) is 13.2 Å². The van der Waals surface area contributed by atoms with E-state index in [0.29, 0.717) is 17.4 Å². The van der Waals surface area contributed by atoms with Gasteiger partial charge in [-0.15, -0.1) is 0 Å². The SMILES string of the molecule is CC/C=C\C/C=C\C/C=C\C/C=C\C/C=C\C/C=C\CCCCCCC(=O)NC(COP(=O)([O-])OCC[N+](C)(C)C)C(O)/C=C/CCCCCCCCC. The first-order valence-electron chi connectivity index (χ1n) is 20.9. The van der Waals surface area contributed by atoms with E-state index < -0.39 is 26.6 Å². The van der Waals surface area contributed by atoms with Crippen LogP contribution in [-0.4, -0.2) is 68.5 Å². The third kappa shape index (κ3) is 38.0. The molecule has 0 rings (SSSR count). The summed E-state index contributed by atoms with van der Waals surface area (Å²) in [5.41, 5.74) is 0. The minimum Gasteiger partial charge on any atom is -0.756 e. The number of phosphoric ester groups is 1. The fourth-order valence-corrected chi connectivity index (χ4v) is 5.99. The number of likely N-dealkylation sites (N-methyl/N-ethyl adjacent to an activating group) is 1. The predicted octanol–water partition coefficient (Wildman–Crippen LogP) is 10.8. The van der Waals surface area contributed by atoms with Crippen molar-refractivity contribution in [1.82, 2.24) is 5.32 Å². The Morgan fingerprint density at radius 1 is 0.667 bits per heavy atom. The maximum Gasteiger partial charge on any atom is 0.268 e. The zero-order valence-electron chi connectivity index (χ0n) is 34.9. The smallest absolute Gasteiger partial charge is 0.268 e. The zero-order valence-corrected chi connectivity index (χ0v) is 35.8. The van der Waals surface area contributed by atoms with Gasteiger partial charge < -0.3 is 28.8 Å². The van der Waals surface area contributed by atoms with Gasteiger partial charge in [-0.25, -0.2) is 0 Å². The second-order valence-corrected chi connectivity index (χ2v) is 16.4. The molecule has 3 atom stereocenters. The highest BCUT2D eigenvalue weighted by Gasteiger charge is 2.23. The number of hydrogen-bond donors (Lipinski definition) is 2. The van der Waals surface area contributed by atoms with Crippen LogP contribution in [0.15, 0.2) is 85.1 Å². The van der Waals surface area contributed by atoms with Gasteiger partial charge >= 0.3 is 0 Å². The van der Waals surface area contributed by atoms with E-state index in [1.807, 2.05) is 27.2 Å². The van der Waals surface area contributed by atoms with Crippen LogP contribution < -0.4 is 10.2 Å². The second kappa shape index (κ2) is 36.3. The number of rotatable bonds is 36. The molecule has 3 unspecified atom stereocenters. The molecule has 0 fully saturated rings. The first-order valence-corrected chi connectivity index (χ1v) is 22.4. The van der Waals surface area contributed by atoms with Crippen molar-refractivity contribution in [2.45, 2.75) is 154 Å². The van der Waals surface area contributed by atoms with E-state index in [-0.39, 0.29) is 12.5 Å². The third-order valence-corrected chi connectivity index (χ3v) is 9.58. The number of carbonyl (C=O) groups is 1. The van der Waals surface area contributed by atoms with Crippen molar-refractivity contribution in [3.8, 4) is 0 Å². The van der Waals surface area contributed by atoms with Gasteiger partial charge in [-0.1, -0.05) is 150 Å². The van der Waals surface area contributed by atoms with Gasteiger partial charge in [0.15, 0.2) is 0 Å². The Labute approximate surface area is 331 Å². The van der Waals surface area contributed by atoms with Crippen molar-refractivity contribution < 1.29 is 32.9 Å². The van der Waals surface area contributed by atoms with Gasteiger partial charge in [-0.3, -0.25) is 9.36 Å². The molecule has 0 aromatic rings. The van der Waals surface area contributed by atoms with E-state index in [9.17, 15) is 19.4 Å². The van der Waals surface area contributed by atoms with Crippen LogP contribution in [0.25, 0.3) is 0 Å². The van der Waals surface area contributed by atoms with E-state index in [1.165, 1.54) is 32.1 Å². The normalized spacial score (nSPS) is 15.3. The quantitative estimate of drug-likeness (QED) is 0.0284. The van der Waals surface area contributed by atoms with Crippen LogP contribution in [0.4, 0.5) is 0 Å². The van der Waals surface area contributed by atoms with Gasteiger partial charge in [0.05, 0.1) is 39.9 Å². The minimum absolute atomic E-state index is 0.0116. The Hall–Kier alpha value is -2.32. The minimum atomic E-state index is -4.59. The van der Waals surface area contributed by atoms with Crippen LogP contribution in [0, 0.1) is 0 Å². The number of hydrogen-bond acceptors (Lipinski definition) is 6. The number of carbonyl (C=O) groups excluding carboxylic acids is 1. The summed E-state index contributed by atoms with van der Waals surface area (Å²) in [4.78, 5) is 25.2. The lowest BCUT2D eigenvalue weighted by atomic mass is 10.1. The molecule has 2 N–H and O–H groups in total. The average Bonchev–Trinajstić information content (AvgIpc) is 3.12. The highest BCUT2D eigenvalue weighted by Crippen LogP contribution is 2.38. The molecule has 0 saturated heterocycles. The Morgan fingerprint density at radius 3 is 1.65 bits per heavy atom. The molecule has 0 saturated carbocycles. The van der Waals surface area contributed by atoms with E-state index in [4.69, 9.17) is 9.05 Å². The maximum absolute atomic E-state index is 12.8. The van der Waals surface area contributed by atoms with Gasteiger partial charge in [-0.05, 0) is 70.6 Å². The molecular formula is C45H79N2O6P. The van der Waals surface area contributed by atoms with Crippen molar-refractivity contribution >= 4 is 13.7 Å². The zero-order chi connectivity index (χ0) is 40.0. The number of nitrogens with zero attached hydrogens (tertiary/aromatic N) is 1. The van der Waals surface area contributed by atoms with Crippen molar-refractivity contribution in [2.24, 2.45) is 0 Å². The molecule has 0 aromatic heterocycles. The summed E-state index contributed by atoms with van der Waals surface area (Å²) in [5, 5.41) is 13.7.